The molecule has 6 nitrogen and oxygen atoms in total. The van der Waals surface area contributed by atoms with Crippen molar-refractivity contribution < 1.29 is 19.1 Å². The number of hydrogen-bond acceptors (Lipinski definition) is 4. The van der Waals surface area contributed by atoms with Gasteiger partial charge in [-0.2, -0.15) is 0 Å². The zero-order chi connectivity index (χ0) is 15.8. The summed E-state index contributed by atoms with van der Waals surface area (Å²) in [5.74, 6) is 0.347. The van der Waals surface area contributed by atoms with Crippen molar-refractivity contribution >= 4 is 11.8 Å². The molecule has 1 fully saturated rings. The van der Waals surface area contributed by atoms with Gasteiger partial charge in [0, 0.05) is 19.0 Å². The summed E-state index contributed by atoms with van der Waals surface area (Å²) in [6, 6.07) is 9.45. The summed E-state index contributed by atoms with van der Waals surface area (Å²) >= 11 is 0. The van der Waals surface area contributed by atoms with Gasteiger partial charge in [-0.1, -0.05) is 18.2 Å². The van der Waals surface area contributed by atoms with Crippen molar-refractivity contribution in [1.82, 2.24) is 4.90 Å². The number of benzene rings is 1. The number of nitrogens with two attached hydrogens (primary N) is 1. The molecule has 0 spiro atoms. The van der Waals surface area contributed by atoms with Crippen LogP contribution >= 0.6 is 0 Å². The first kappa shape index (κ1) is 16.3. The molecule has 120 valence electrons. The highest BCUT2D eigenvalue weighted by Gasteiger charge is 2.25. The summed E-state index contributed by atoms with van der Waals surface area (Å²) in [6.45, 7) is 1.94. The van der Waals surface area contributed by atoms with Crippen molar-refractivity contribution in [2.75, 3.05) is 32.9 Å². The van der Waals surface area contributed by atoms with Gasteiger partial charge >= 0.3 is 0 Å². The molecule has 1 heterocycles. The summed E-state index contributed by atoms with van der Waals surface area (Å²) in [6.07, 6.45) is 1.27. The minimum absolute atomic E-state index is 0.0411. The number of nitrogens with zero attached hydrogens (tertiary/aromatic N) is 1. The zero-order valence-corrected chi connectivity index (χ0v) is 12.6. The predicted molar refractivity (Wildman–Crippen MR) is 81.3 cm³/mol. The van der Waals surface area contributed by atoms with Crippen LogP contribution in [0.5, 0.6) is 5.75 Å². The Kier molecular flexibility index (Phi) is 6.21. The van der Waals surface area contributed by atoms with E-state index in [-0.39, 0.29) is 24.3 Å². The number of primary amides is 1. The van der Waals surface area contributed by atoms with Crippen LogP contribution in [0.25, 0.3) is 0 Å². The molecule has 6 heteroatoms. The number of rotatable bonds is 7. The van der Waals surface area contributed by atoms with Crippen LogP contribution in [0.4, 0.5) is 0 Å². The van der Waals surface area contributed by atoms with E-state index in [0.29, 0.717) is 39.1 Å². The van der Waals surface area contributed by atoms with Crippen LogP contribution in [0.1, 0.15) is 12.8 Å². The molecule has 1 aromatic rings. The summed E-state index contributed by atoms with van der Waals surface area (Å²) in [5.41, 5.74) is 5.27. The summed E-state index contributed by atoms with van der Waals surface area (Å²) in [7, 11) is 0. The summed E-state index contributed by atoms with van der Waals surface area (Å²) < 4.78 is 10.8. The number of likely N-dealkylation sites (tertiary alicyclic amines) is 1. The van der Waals surface area contributed by atoms with Gasteiger partial charge in [-0.25, -0.2) is 0 Å². The molecule has 1 aliphatic rings. The van der Waals surface area contributed by atoms with E-state index in [2.05, 4.69) is 0 Å². The van der Waals surface area contributed by atoms with Crippen molar-refractivity contribution in [1.29, 1.82) is 0 Å². The van der Waals surface area contributed by atoms with E-state index in [1.165, 1.54) is 0 Å². The molecule has 0 aliphatic carbocycles. The lowest BCUT2D eigenvalue weighted by atomic mass is 9.96. The lowest BCUT2D eigenvalue weighted by Gasteiger charge is -2.30. The van der Waals surface area contributed by atoms with Gasteiger partial charge in [0.25, 0.3) is 0 Å². The lowest BCUT2D eigenvalue weighted by Crippen LogP contribution is -2.43. The van der Waals surface area contributed by atoms with E-state index in [0.717, 1.165) is 5.75 Å². The third kappa shape index (κ3) is 5.04. The van der Waals surface area contributed by atoms with Gasteiger partial charge in [-0.3, -0.25) is 9.59 Å². The highest BCUT2D eigenvalue weighted by Crippen LogP contribution is 2.16. The van der Waals surface area contributed by atoms with Gasteiger partial charge in [0.1, 0.15) is 19.0 Å². The van der Waals surface area contributed by atoms with Gasteiger partial charge in [0.05, 0.1) is 6.61 Å². The van der Waals surface area contributed by atoms with E-state index < -0.39 is 0 Å². The molecular weight excluding hydrogens is 284 g/mol. The quantitative estimate of drug-likeness (QED) is 0.756. The average molecular weight is 306 g/mol. The molecule has 2 rings (SSSR count). The summed E-state index contributed by atoms with van der Waals surface area (Å²) in [5, 5.41) is 0. The smallest absolute Gasteiger partial charge is 0.248 e. The molecule has 0 bridgehead atoms. The first-order valence-corrected chi connectivity index (χ1v) is 7.49. The highest BCUT2D eigenvalue weighted by atomic mass is 16.5. The maximum absolute atomic E-state index is 12.0. The average Bonchev–Trinajstić information content (AvgIpc) is 2.55. The standard InChI is InChI=1S/C16H22N2O4/c17-16(20)13-6-8-18(9-7-13)15(19)12-21-10-11-22-14-4-2-1-3-5-14/h1-5,13H,6-12H2,(H2,17,20). The number of carbonyl (C=O) groups is 2. The fraction of sp³-hybridized carbons (Fsp3) is 0.500. The van der Waals surface area contributed by atoms with Crippen molar-refractivity contribution in [2.45, 2.75) is 12.8 Å². The third-order valence-corrected chi connectivity index (χ3v) is 3.72. The fourth-order valence-electron chi connectivity index (χ4n) is 2.40. The first-order chi connectivity index (χ1) is 10.7. The maximum Gasteiger partial charge on any atom is 0.248 e. The number of para-hydroxylation sites is 1. The number of piperidine rings is 1. The molecule has 0 radical (unpaired) electrons. The molecule has 2 N–H and O–H groups in total. The van der Waals surface area contributed by atoms with Gasteiger partial charge < -0.3 is 20.1 Å². The Bertz CT molecular complexity index is 484. The first-order valence-electron chi connectivity index (χ1n) is 7.49. The number of amides is 2. The van der Waals surface area contributed by atoms with Crippen LogP contribution in [0.3, 0.4) is 0 Å². The molecule has 0 unspecified atom stereocenters. The Morgan fingerprint density at radius 2 is 1.82 bits per heavy atom. The van der Waals surface area contributed by atoms with Gasteiger partial charge in [0.15, 0.2) is 0 Å². The Morgan fingerprint density at radius 3 is 2.45 bits per heavy atom. The second-order valence-corrected chi connectivity index (χ2v) is 5.27. The minimum atomic E-state index is -0.276. The molecule has 1 saturated heterocycles. The second-order valence-electron chi connectivity index (χ2n) is 5.27. The molecule has 2 amide bonds. The summed E-state index contributed by atoms with van der Waals surface area (Å²) in [4.78, 5) is 24.7. The Morgan fingerprint density at radius 1 is 1.14 bits per heavy atom. The topological polar surface area (TPSA) is 81.9 Å². The van der Waals surface area contributed by atoms with Crippen LogP contribution < -0.4 is 10.5 Å². The molecule has 1 aromatic carbocycles. The third-order valence-electron chi connectivity index (χ3n) is 3.72. The monoisotopic (exact) mass is 306 g/mol. The predicted octanol–water partition coefficient (Wildman–Crippen LogP) is 0.806. The fourth-order valence-corrected chi connectivity index (χ4v) is 2.40. The largest absolute Gasteiger partial charge is 0.491 e. The SMILES string of the molecule is NC(=O)C1CCN(C(=O)COCCOc2ccccc2)CC1. The number of ether oxygens (including phenoxy) is 2. The Labute approximate surface area is 130 Å². The van der Waals surface area contributed by atoms with E-state index in [9.17, 15) is 9.59 Å². The number of hydrogen-bond donors (Lipinski definition) is 1. The number of carbonyl (C=O) groups excluding carboxylic acids is 2. The normalized spacial score (nSPS) is 15.5. The van der Waals surface area contributed by atoms with Crippen LogP contribution in [-0.2, 0) is 14.3 Å². The van der Waals surface area contributed by atoms with Crippen molar-refractivity contribution in [3.63, 3.8) is 0 Å². The van der Waals surface area contributed by atoms with Crippen LogP contribution in [0.2, 0.25) is 0 Å². The lowest BCUT2D eigenvalue weighted by molar-refractivity contribution is -0.139. The van der Waals surface area contributed by atoms with Crippen LogP contribution in [-0.4, -0.2) is 49.6 Å². The molecular formula is C16H22N2O4. The zero-order valence-electron chi connectivity index (χ0n) is 12.6. The second kappa shape index (κ2) is 8.38. The van der Waals surface area contributed by atoms with Crippen LogP contribution in [0.15, 0.2) is 30.3 Å². The molecule has 22 heavy (non-hydrogen) atoms. The molecule has 0 aromatic heterocycles. The van der Waals surface area contributed by atoms with Crippen molar-refractivity contribution in [3.8, 4) is 5.75 Å². The maximum atomic E-state index is 12.0. The molecule has 0 atom stereocenters. The van der Waals surface area contributed by atoms with E-state index >= 15 is 0 Å². The highest BCUT2D eigenvalue weighted by molar-refractivity contribution is 5.79. The Hall–Kier alpha value is -2.08. The molecule has 1 aliphatic heterocycles. The minimum Gasteiger partial charge on any atom is -0.491 e. The van der Waals surface area contributed by atoms with Gasteiger partial charge in [0.2, 0.25) is 11.8 Å². The Balaban J connectivity index is 1.57. The van der Waals surface area contributed by atoms with E-state index in [1.807, 2.05) is 30.3 Å². The molecule has 0 saturated carbocycles. The van der Waals surface area contributed by atoms with Crippen molar-refractivity contribution in [3.05, 3.63) is 30.3 Å². The van der Waals surface area contributed by atoms with Gasteiger partial charge in [-0.15, -0.1) is 0 Å². The van der Waals surface area contributed by atoms with Gasteiger partial charge in [-0.05, 0) is 25.0 Å². The van der Waals surface area contributed by atoms with E-state index in [4.69, 9.17) is 15.2 Å². The van der Waals surface area contributed by atoms with E-state index in [1.54, 1.807) is 4.90 Å². The van der Waals surface area contributed by atoms with Crippen molar-refractivity contribution in [2.24, 2.45) is 11.7 Å². The van der Waals surface area contributed by atoms with Crippen LogP contribution in [0, 0.1) is 5.92 Å².